The highest BCUT2D eigenvalue weighted by atomic mass is 19.1. The van der Waals surface area contributed by atoms with Crippen molar-refractivity contribution in [3.63, 3.8) is 0 Å². The van der Waals surface area contributed by atoms with Gasteiger partial charge in [-0.25, -0.2) is 9.18 Å². The third-order valence-electron chi connectivity index (χ3n) is 2.91. The van der Waals surface area contributed by atoms with Gasteiger partial charge >= 0.3 is 12.0 Å². The number of aliphatic carboxylic acids is 1. The Morgan fingerprint density at radius 2 is 2.14 bits per heavy atom. The van der Waals surface area contributed by atoms with Gasteiger partial charge in [-0.3, -0.25) is 4.79 Å². The standard InChI is InChI=1S/C14H19FN2O4/c1-3-4-9(13(18)19)8-16-14(20)17-10-5-6-12(21-2)11(15)7-10/h5-7,9H,3-4,8H2,1-2H3,(H,18,19)(H2,16,17,20). The van der Waals surface area contributed by atoms with E-state index in [2.05, 4.69) is 10.6 Å². The summed E-state index contributed by atoms with van der Waals surface area (Å²) in [6, 6.07) is 3.42. The molecule has 21 heavy (non-hydrogen) atoms. The second kappa shape index (κ2) is 8.08. The maximum absolute atomic E-state index is 13.4. The molecule has 0 fully saturated rings. The van der Waals surface area contributed by atoms with Crippen molar-refractivity contribution in [3.8, 4) is 5.75 Å². The molecule has 0 aliphatic rings. The fourth-order valence-electron chi connectivity index (χ4n) is 1.80. The van der Waals surface area contributed by atoms with Crippen LogP contribution in [0.25, 0.3) is 0 Å². The van der Waals surface area contributed by atoms with Gasteiger partial charge in [0.2, 0.25) is 0 Å². The van der Waals surface area contributed by atoms with Gasteiger partial charge in [-0.05, 0) is 18.6 Å². The van der Waals surface area contributed by atoms with Crippen LogP contribution in [0, 0.1) is 11.7 Å². The fraction of sp³-hybridized carbons (Fsp3) is 0.429. The third-order valence-corrected chi connectivity index (χ3v) is 2.91. The van der Waals surface area contributed by atoms with E-state index in [0.29, 0.717) is 12.8 Å². The number of benzene rings is 1. The molecule has 0 aliphatic heterocycles. The van der Waals surface area contributed by atoms with Crippen molar-refractivity contribution in [2.45, 2.75) is 19.8 Å². The number of ether oxygens (including phenoxy) is 1. The Balaban J connectivity index is 2.53. The summed E-state index contributed by atoms with van der Waals surface area (Å²) in [6.45, 7) is 1.89. The van der Waals surface area contributed by atoms with Gasteiger partial charge < -0.3 is 20.5 Å². The van der Waals surface area contributed by atoms with Crippen molar-refractivity contribution in [3.05, 3.63) is 24.0 Å². The van der Waals surface area contributed by atoms with Crippen LogP contribution in [0.1, 0.15) is 19.8 Å². The summed E-state index contributed by atoms with van der Waals surface area (Å²) in [5.74, 6) is -2.10. The van der Waals surface area contributed by atoms with Crippen molar-refractivity contribution in [2.75, 3.05) is 19.0 Å². The van der Waals surface area contributed by atoms with Crippen molar-refractivity contribution in [2.24, 2.45) is 5.92 Å². The summed E-state index contributed by atoms with van der Waals surface area (Å²) in [5.41, 5.74) is 0.258. The number of nitrogens with one attached hydrogen (secondary N) is 2. The van der Waals surface area contributed by atoms with Crippen LogP contribution in [0.15, 0.2) is 18.2 Å². The number of halogens is 1. The molecular weight excluding hydrogens is 279 g/mol. The lowest BCUT2D eigenvalue weighted by atomic mass is 10.0. The van der Waals surface area contributed by atoms with E-state index in [1.165, 1.54) is 19.2 Å². The molecule has 3 N–H and O–H groups in total. The summed E-state index contributed by atoms with van der Waals surface area (Å²) >= 11 is 0. The molecule has 6 nitrogen and oxygen atoms in total. The second-order valence-electron chi connectivity index (χ2n) is 4.51. The highest BCUT2D eigenvalue weighted by Gasteiger charge is 2.17. The Morgan fingerprint density at radius 3 is 2.67 bits per heavy atom. The van der Waals surface area contributed by atoms with Gasteiger partial charge in [-0.1, -0.05) is 13.3 Å². The van der Waals surface area contributed by atoms with E-state index in [1.54, 1.807) is 0 Å². The first-order chi connectivity index (χ1) is 9.97. The number of hydrogen-bond donors (Lipinski definition) is 3. The summed E-state index contributed by atoms with van der Waals surface area (Å²) in [4.78, 5) is 22.6. The first-order valence-electron chi connectivity index (χ1n) is 6.59. The lowest BCUT2D eigenvalue weighted by molar-refractivity contribution is -0.141. The maximum Gasteiger partial charge on any atom is 0.319 e. The van der Waals surface area contributed by atoms with Crippen LogP contribution in [0.4, 0.5) is 14.9 Å². The minimum atomic E-state index is -0.951. The minimum absolute atomic E-state index is 0.0215. The highest BCUT2D eigenvalue weighted by molar-refractivity contribution is 5.89. The van der Waals surface area contributed by atoms with E-state index in [-0.39, 0.29) is 18.0 Å². The van der Waals surface area contributed by atoms with Crippen molar-refractivity contribution in [1.29, 1.82) is 0 Å². The van der Waals surface area contributed by atoms with Gasteiger partial charge in [0.25, 0.3) is 0 Å². The van der Waals surface area contributed by atoms with E-state index in [9.17, 15) is 14.0 Å². The SMILES string of the molecule is CCCC(CNC(=O)Nc1ccc(OC)c(F)c1)C(=O)O. The van der Waals surface area contributed by atoms with Crippen LogP contribution in [-0.4, -0.2) is 30.8 Å². The van der Waals surface area contributed by atoms with Gasteiger partial charge in [0, 0.05) is 18.3 Å². The zero-order valence-electron chi connectivity index (χ0n) is 12.0. The second-order valence-corrected chi connectivity index (χ2v) is 4.51. The number of carboxylic acids is 1. The van der Waals surface area contributed by atoms with Crippen LogP contribution in [0.5, 0.6) is 5.75 Å². The quantitative estimate of drug-likeness (QED) is 0.721. The first kappa shape index (κ1) is 16.7. The number of hydrogen-bond acceptors (Lipinski definition) is 3. The maximum atomic E-state index is 13.4. The van der Waals surface area contributed by atoms with Gasteiger partial charge in [-0.2, -0.15) is 0 Å². The Labute approximate surface area is 122 Å². The molecule has 2 amide bonds. The number of carbonyl (C=O) groups is 2. The Hall–Kier alpha value is -2.31. The van der Waals surface area contributed by atoms with Crippen molar-refractivity contribution >= 4 is 17.7 Å². The average molecular weight is 298 g/mol. The van der Waals surface area contributed by atoms with Crippen LogP contribution in [-0.2, 0) is 4.79 Å². The summed E-state index contributed by atoms with van der Waals surface area (Å²) in [7, 11) is 1.35. The number of amides is 2. The van der Waals surface area contributed by atoms with E-state index in [4.69, 9.17) is 9.84 Å². The molecule has 0 spiro atoms. The van der Waals surface area contributed by atoms with Crippen molar-refractivity contribution < 1.29 is 23.8 Å². The molecule has 0 saturated heterocycles. The molecule has 0 saturated carbocycles. The molecule has 0 aromatic heterocycles. The summed E-state index contributed by atoms with van der Waals surface area (Å²) in [5, 5.41) is 13.9. The van der Waals surface area contributed by atoms with Crippen LogP contribution >= 0.6 is 0 Å². The van der Waals surface area contributed by atoms with E-state index in [0.717, 1.165) is 6.07 Å². The zero-order chi connectivity index (χ0) is 15.8. The highest BCUT2D eigenvalue weighted by Crippen LogP contribution is 2.20. The predicted octanol–water partition coefficient (Wildman–Crippen LogP) is 2.46. The molecular formula is C14H19FN2O4. The number of anilines is 1. The lowest BCUT2D eigenvalue weighted by Gasteiger charge is -2.13. The monoisotopic (exact) mass is 298 g/mol. The normalized spacial score (nSPS) is 11.6. The minimum Gasteiger partial charge on any atom is -0.494 e. The molecule has 0 radical (unpaired) electrons. The third kappa shape index (κ3) is 5.29. The molecule has 1 atom stereocenters. The fourth-order valence-corrected chi connectivity index (χ4v) is 1.80. The molecule has 116 valence electrons. The zero-order valence-corrected chi connectivity index (χ0v) is 12.0. The largest absolute Gasteiger partial charge is 0.494 e. The number of carbonyl (C=O) groups excluding carboxylic acids is 1. The Kier molecular flexibility index (Phi) is 6.45. The van der Waals surface area contributed by atoms with Crippen molar-refractivity contribution in [1.82, 2.24) is 5.32 Å². The van der Waals surface area contributed by atoms with Gasteiger partial charge in [0.15, 0.2) is 11.6 Å². The average Bonchev–Trinajstić information content (AvgIpc) is 2.43. The predicted molar refractivity (Wildman–Crippen MR) is 76.0 cm³/mol. The Morgan fingerprint density at radius 1 is 1.43 bits per heavy atom. The van der Waals surface area contributed by atoms with Crippen LogP contribution in [0.2, 0.25) is 0 Å². The molecule has 1 aromatic rings. The topological polar surface area (TPSA) is 87.7 Å². The molecule has 1 aromatic carbocycles. The lowest BCUT2D eigenvalue weighted by Crippen LogP contribution is -2.35. The van der Waals surface area contributed by atoms with E-state index < -0.39 is 23.7 Å². The van der Waals surface area contributed by atoms with Gasteiger partial charge in [0.05, 0.1) is 13.0 Å². The molecule has 0 bridgehead atoms. The summed E-state index contributed by atoms with van der Waals surface area (Å²) in [6.07, 6.45) is 1.19. The molecule has 0 heterocycles. The smallest absolute Gasteiger partial charge is 0.319 e. The number of rotatable bonds is 7. The van der Waals surface area contributed by atoms with E-state index >= 15 is 0 Å². The summed E-state index contributed by atoms with van der Waals surface area (Å²) < 4.78 is 18.2. The molecule has 1 rings (SSSR count). The number of methoxy groups -OCH3 is 1. The van der Waals surface area contributed by atoms with Gasteiger partial charge in [-0.15, -0.1) is 0 Å². The van der Waals surface area contributed by atoms with Gasteiger partial charge in [0.1, 0.15) is 0 Å². The molecule has 7 heteroatoms. The molecule has 0 aliphatic carbocycles. The first-order valence-corrected chi connectivity index (χ1v) is 6.59. The van der Waals surface area contributed by atoms with Crippen LogP contribution < -0.4 is 15.4 Å². The molecule has 1 unspecified atom stereocenters. The van der Waals surface area contributed by atoms with Crippen LogP contribution in [0.3, 0.4) is 0 Å². The number of urea groups is 1. The number of carboxylic acid groups (broad SMARTS) is 1. The Bertz CT molecular complexity index is 508. The van der Waals surface area contributed by atoms with E-state index in [1.807, 2.05) is 6.92 Å².